The molecule has 20 heavy (non-hydrogen) atoms. The zero-order valence-electron chi connectivity index (χ0n) is 10.8. The van der Waals surface area contributed by atoms with Gasteiger partial charge in [-0.2, -0.15) is 0 Å². The zero-order chi connectivity index (χ0) is 14.8. The van der Waals surface area contributed by atoms with Crippen LogP contribution in [0.15, 0.2) is 23.1 Å². The molecule has 1 saturated heterocycles. The second-order valence-electron chi connectivity index (χ2n) is 4.62. The maximum Gasteiger partial charge on any atom is 0.254 e. The highest BCUT2D eigenvalue weighted by atomic mass is 32.2. The Morgan fingerprint density at radius 1 is 1.30 bits per heavy atom. The fraction of sp³-hybridized carbons (Fsp3) is 0.417. The van der Waals surface area contributed by atoms with Gasteiger partial charge in [0.25, 0.3) is 10.0 Å². The van der Waals surface area contributed by atoms with Gasteiger partial charge in [-0.05, 0) is 25.0 Å². The molecular formula is C12H16FN3O2S2. The van der Waals surface area contributed by atoms with Crippen molar-refractivity contribution >= 4 is 27.2 Å². The Morgan fingerprint density at radius 3 is 2.55 bits per heavy atom. The lowest BCUT2D eigenvalue weighted by atomic mass is 10.2. The van der Waals surface area contributed by atoms with Crippen LogP contribution in [0.4, 0.5) is 4.39 Å². The van der Waals surface area contributed by atoms with E-state index in [2.05, 4.69) is 4.83 Å². The smallest absolute Gasteiger partial charge is 0.254 e. The van der Waals surface area contributed by atoms with Crippen molar-refractivity contribution in [2.45, 2.75) is 24.2 Å². The Hall–Kier alpha value is -1.09. The minimum Gasteiger partial charge on any atom is -0.389 e. The molecule has 1 aliphatic heterocycles. The van der Waals surface area contributed by atoms with Crippen molar-refractivity contribution in [1.29, 1.82) is 0 Å². The molecule has 1 heterocycles. The van der Waals surface area contributed by atoms with Crippen LogP contribution in [-0.4, -0.2) is 31.5 Å². The highest BCUT2D eigenvalue weighted by molar-refractivity contribution is 7.89. The second kappa shape index (κ2) is 6.13. The van der Waals surface area contributed by atoms with Crippen LogP contribution in [0.25, 0.3) is 0 Å². The molecule has 0 radical (unpaired) electrons. The molecule has 0 unspecified atom stereocenters. The first-order valence-electron chi connectivity index (χ1n) is 6.27. The molecule has 1 aliphatic rings. The normalized spacial score (nSPS) is 17.1. The molecule has 5 nitrogen and oxygen atoms in total. The molecule has 0 amide bonds. The van der Waals surface area contributed by atoms with E-state index in [1.807, 2.05) is 0 Å². The lowest BCUT2D eigenvalue weighted by Crippen LogP contribution is -2.45. The molecule has 0 saturated carbocycles. The van der Waals surface area contributed by atoms with Crippen molar-refractivity contribution in [3.8, 4) is 0 Å². The molecule has 0 aromatic heterocycles. The first kappa shape index (κ1) is 15.3. The van der Waals surface area contributed by atoms with Crippen LogP contribution >= 0.6 is 12.2 Å². The Labute approximate surface area is 123 Å². The van der Waals surface area contributed by atoms with E-state index in [9.17, 15) is 12.8 Å². The summed E-state index contributed by atoms with van der Waals surface area (Å²) in [6.45, 7) is 1.27. The van der Waals surface area contributed by atoms with Crippen molar-refractivity contribution in [3.05, 3.63) is 29.6 Å². The van der Waals surface area contributed by atoms with E-state index < -0.39 is 15.8 Å². The monoisotopic (exact) mass is 317 g/mol. The maximum absolute atomic E-state index is 13.7. The van der Waals surface area contributed by atoms with E-state index in [1.165, 1.54) is 12.1 Å². The largest absolute Gasteiger partial charge is 0.389 e. The molecule has 110 valence electrons. The van der Waals surface area contributed by atoms with E-state index in [-0.39, 0.29) is 15.4 Å². The molecule has 8 heteroatoms. The van der Waals surface area contributed by atoms with Crippen LogP contribution in [0.2, 0.25) is 0 Å². The number of hydrazine groups is 1. The van der Waals surface area contributed by atoms with Gasteiger partial charge in [0.2, 0.25) is 0 Å². The number of thiocarbonyl (C=S) groups is 1. The van der Waals surface area contributed by atoms with Crippen molar-refractivity contribution in [2.24, 2.45) is 5.73 Å². The minimum atomic E-state index is -3.89. The summed E-state index contributed by atoms with van der Waals surface area (Å²) in [5.41, 5.74) is 5.19. The molecule has 1 fully saturated rings. The number of piperidine rings is 1. The summed E-state index contributed by atoms with van der Waals surface area (Å²) in [6, 6.07) is 3.75. The summed E-state index contributed by atoms with van der Waals surface area (Å²) in [4.78, 5) is 1.96. The van der Waals surface area contributed by atoms with Gasteiger partial charge in [0.15, 0.2) is 0 Å². The number of sulfonamides is 1. The van der Waals surface area contributed by atoms with E-state index in [0.29, 0.717) is 13.1 Å². The molecule has 1 aromatic carbocycles. The van der Waals surface area contributed by atoms with E-state index in [4.69, 9.17) is 18.0 Å². The summed E-state index contributed by atoms with van der Waals surface area (Å²) in [7, 11) is -3.89. The van der Waals surface area contributed by atoms with Crippen molar-refractivity contribution < 1.29 is 12.8 Å². The number of hydrogen-bond acceptors (Lipinski definition) is 4. The van der Waals surface area contributed by atoms with Crippen LogP contribution in [0.5, 0.6) is 0 Å². The minimum absolute atomic E-state index is 0.226. The molecule has 2 rings (SSSR count). The number of nitrogens with two attached hydrogens (primary N) is 1. The molecule has 1 aromatic rings. The topological polar surface area (TPSA) is 75.4 Å². The molecule has 0 atom stereocenters. The third-order valence-electron chi connectivity index (χ3n) is 3.12. The number of benzene rings is 1. The lowest BCUT2D eigenvalue weighted by molar-refractivity contribution is 0.200. The average molecular weight is 317 g/mol. The Kier molecular flexibility index (Phi) is 4.69. The summed E-state index contributed by atoms with van der Waals surface area (Å²) >= 11 is 4.74. The van der Waals surface area contributed by atoms with Crippen molar-refractivity contribution in [2.75, 3.05) is 13.1 Å². The highest BCUT2D eigenvalue weighted by Gasteiger charge is 2.25. The van der Waals surface area contributed by atoms with Gasteiger partial charge in [-0.3, -0.25) is 0 Å². The molecule has 0 bridgehead atoms. The highest BCUT2D eigenvalue weighted by Crippen LogP contribution is 2.19. The first-order chi connectivity index (χ1) is 9.42. The SMILES string of the molecule is NC(=S)c1c(F)cccc1S(=O)(=O)NN1CCCCC1. The molecule has 0 spiro atoms. The van der Waals surface area contributed by atoms with E-state index >= 15 is 0 Å². The van der Waals surface area contributed by atoms with Crippen LogP contribution in [0.3, 0.4) is 0 Å². The van der Waals surface area contributed by atoms with Gasteiger partial charge in [-0.1, -0.05) is 24.7 Å². The summed E-state index contributed by atoms with van der Waals surface area (Å²) in [5, 5.41) is 1.62. The van der Waals surface area contributed by atoms with Crippen LogP contribution in [-0.2, 0) is 10.0 Å². The lowest BCUT2D eigenvalue weighted by Gasteiger charge is -2.27. The third-order valence-corrected chi connectivity index (χ3v) is 4.74. The fourth-order valence-corrected chi connectivity index (χ4v) is 3.80. The first-order valence-corrected chi connectivity index (χ1v) is 8.16. The Morgan fingerprint density at radius 2 is 1.95 bits per heavy atom. The van der Waals surface area contributed by atoms with E-state index in [0.717, 1.165) is 25.3 Å². The standard InChI is InChI=1S/C12H16FN3O2S2/c13-9-5-4-6-10(11(9)12(14)19)20(17,18)15-16-7-2-1-3-8-16/h4-6,15H,1-3,7-8H2,(H2,14,19). The van der Waals surface area contributed by atoms with Crippen LogP contribution in [0, 0.1) is 5.82 Å². The van der Waals surface area contributed by atoms with Gasteiger partial charge in [0.05, 0.1) is 10.5 Å². The van der Waals surface area contributed by atoms with Gasteiger partial charge in [-0.15, -0.1) is 4.83 Å². The Bertz CT molecular complexity index is 613. The number of rotatable bonds is 4. The number of nitrogens with zero attached hydrogens (tertiary/aromatic N) is 1. The zero-order valence-corrected chi connectivity index (χ0v) is 12.4. The predicted octanol–water partition coefficient (Wildman–Crippen LogP) is 1.14. The summed E-state index contributed by atoms with van der Waals surface area (Å²) in [6.07, 6.45) is 2.93. The van der Waals surface area contributed by atoms with Gasteiger partial charge in [0, 0.05) is 13.1 Å². The number of hydrogen-bond donors (Lipinski definition) is 2. The van der Waals surface area contributed by atoms with Crippen molar-refractivity contribution in [3.63, 3.8) is 0 Å². The molecule has 0 aliphatic carbocycles. The third kappa shape index (κ3) is 3.32. The Balaban J connectivity index is 2.34. The molecule has 3 N–H and O–H groups in total. The summed E-state index contributed by atoms with van der Waals surface area (Å²) < 4.78 is 38.4. The van der Waals surface area contributed by atoms with Crippen LogP contribution < -0.4 is 10.6 Å². The fourth-order valence-electron chi connectivity index (χ4n) is 2.17. The molecular weight excluding hydrogens is 301 g/mol. The number of nitrogens with one attached hydrogen (secondary N) is 1. The van der Waals surface area contributed by atoms with Gasteiger partial charge in [0.1, 0.15) is 10.8 Å². The number of halogens is 1. The average Bonchev–Trinajstić information content (AvgIpc) is 2.38. The predicted molar refractivity (Wildman–Crippen MR) is 78.0 cm³/mol. The summed E-state index contributed by atoms with van der Waals surface area (Å²) in [5.74, 6) is -0.737. The maximum atomic E-state index is 13.7. The van der Waals surface area contributed by atoms with Gasteiger partial charge < -0.3 is 5.73 Å². The van der Waals surface area contributed by atoms with Gasteiger partial charge in [-0.25, -0.2) is 17.8 Å². The van der Waals surface area contributed by atoms with Crippen LogP contribution in [0.1, 0.15) is 24.8 Å². The van der Waals surface area contributed by atoms with E-state index in [1.54, 1.807) is 5.01 Å². The van der Waals surface area contributed by atoms with Crippen molar-refractivity contribution in [1.82, 2.24) is 9.84 Å². The second-order valence-corrected chi connectivity index (χ2v) is 6.69. The van der Waals surface area contributed by atoms with Gasteiger partial charge >= 0.3 is 0 Å². The quantitative estimate of drug-likeness (QED) is 0.815.